The van der Waals surface area contributed by atoms with Gasteiger partial charge in [0.1, 0.15) is 12.0 Å². The quantitative estimate of drug-likeness (QED) is 0.601. The minimum absolute atomic E-state index is 0.0722. The highest BCUT2D eigenvalue weighted by molar-refractivity contribution is 5.93. The maximum Gasteiger partial charge on any atom is 0.274 e. The minimum atomic E-state index is -0.694. The summed E-state index contributed by atoms with van der Waals surface area (Å²) in [6.45, 7) is 6.50. The van der Waals surface area contributed by atoms with E-state index in [9.17, 15) is 13.6 Å². The molecule has 154 valence electrons. The van der Waals surface area contributed by atoms with Crippen LogP contribution in [0.5, 0.6) is 0 Å². The van der Waals surface area contributed by atoms with Gasteiger partial charge in [-0.2, -0.15) is 0 Å². The molecule has 0 spiro atoms. The Labute approximate surface area is 165 Å². The number of fused-ring (bicyclic) bond motifs is 3. The number of rotatable bonds is 3. The van der Waals surface area contributed by atoms with Crippen LogP contribution in [0.15, 0.2) is 12.1 Å². The van der Waals surface area contributed by atoms with Crippen molar-refractivity contribution in [1.82, 2.24) is 10.4 Å². The number of carbonyl (C=O) groups excluding carboxylic acids is 1. The average Bonchev–Trinajstić information content (AvgIpc) is 2.65. The Morgan fingerprint density at radius 1 is 1.36 bits per heavy atom. The first kappa shape index (κ1) is 19.8. The minimum Gasteiger partial charge on any atom is -0.298 e. The summed E-state index contributed by atoms with van der Waals surface area (Å²) in [5, 5.41) is 8.78. The monoisotopic (exact) mass is 392 g/mol. The van der Waals surface area contributed by atoms with E-state index in [1.807, 2.05) is 6.92 Å². The van der Waals surface area contributed by atoms with Crippen molar-refractivity contribution in [3.63, 3.8) is 0 Å². The topological polar surface area (TPSA) is 52.6 Å². The molecule has 28 heavy (non-hydrogen) atoms. The smallest absolute Gasteiger partial charge is 0.274 e. The van der Waals surface area contributed by atoms with Gasteiger partial charge in [-0.15, -0.1) is 0 Å². The van der Waals surface area contributed by atoms with E-state index in [0.29, 0.717) is 24.4 Å². The second kappa shape index (κ2) is 7.38. The van der Waals surface area contributed by atoms with E-state index in [2.05, 4.69) is 11.8 Å². The summed E-state index contributed by atoms with van der Waals surface area (Å²) >= 11 is 0. The standard InChI is InChI=1S/C22H30F2N2O2/c1-13-5-14-6-17(20(13)24)10-22(2,9-14)12-26-4-3-15-7-16(21(27)25-28)8-19(23)18(15)11-26/h7-8,13-14,17,20,28H,3-6,9-12H2,1-2H3,(H,25,27). The molecule has 1 aromatic rings. The highest BCUT2D eigenvalue weighted by Gasteiger charge is 2.46. The zero-order valence-corrected chi connectivity index (χ0v) is 16.7. The van der Waals surface area contributed by atoms with E-state index in [-0.39, 0.29) is 22.8 Å². The summed E-state index contributed by atoms with van der Waals surface area (Å²) in [5.74, 6) is -0.140. The number of halogens is 2. The zero-order chi connectivity index (χ0) is 20.1. The first-order valence-corrected chi connectivity index (χ1v) is 10.4. The number of hydrogen-bond acceptors (Lipinski definition) is 3. The molecule has 1 aromatic carbocycles. The van der Waals surface area contributed by atoms with Crippen molar-refractivity contribution in [1.29, 1.82) is 0 Å². The zero-order valence-electron chi connectivity index (χ0n) is 16.7. The van der Waals surface area contributed by atoms with Gasteiger partial charge in [-0.25, -0.2) is 14.3 Å². The molecule has 0 aromatic heterocycles. The molecule has 1 amide bonds. The molecule has 2 fully saturated rings. The highest BCUT2D eigenvalue weighted by Crippen LogP contribution is 2.51. The first-order valence-electron chi connectivity index (χ1n) is 10.4. The molecule has 5 atom stereocenters. The maximum absolute atomic E-state index is 14.6. The first-order chi connectivity index (χ1) is 13.3. The van der Waals surface area contributed by atoms with E-state index < -0.39 is 17.9 Å². The van der Waals surface area contributed by atoms with Crippen LogP contribution >= 0.6 is 0 Å². The van der Waals surface area contributed by atoms with Crippen LogP contribution in [0.4, 0.5) is 8.78 Å². The van der Waals surface area contributed by atoms with Crippen LogP contribution in [-0.4, -0.2) is 35.3 Å². The molecular weight excluding hydrogens is 362 g/mol. The molecule has 3 aliphatic rings. The van der Waals surface area contributed by atoms with Gasteiger partial charge in [0, 0.05) is 30.8 Å². The maximum atomic E-state index is 14.6. The molecule has 1 heterocycles. The number of hydroxylamine groups is 1. The molecule has 0 radical (unpaired) electrons. The van der Waals surface area contributed by atoms with Crippen molar-refractivity contribution in [2.75, 3.05) is 13.1 Å². The summed E-state index contributed by atoms with van der Waals surface area (Å²) in [6.07, 6.45) is 4.03. The number of hydrogen-bond donors (Lipinski definition) is 2. The fourth-order valence-electron chi connectivity index (χ4n) is 6.23. The number of amides is 1. The average molecular weight is 392 g/mol. The molecule has 1 aliphatic heterocycles. The van der Waals surface area contributed by atoms with Gasteiger partial charge in [-0.1, -0.05) is 13.8 Å². The SMILES string of the molecule is CC1CC2CC(CC(C)(CN3CCc4cc(C(=O)NO)cc(F)c4C3)C2)C1F. The van der Waals surface area contributed by atoms with E-state index in [4.69, 9.17) is 5.21 Å². The summed E-state index contributed by atoms with van der Waals surface area (Å²) in [7, 11) is 0. The molecule has 5 unspecified atom stereocenters. The van der Waals surface area contributed by atoms with Crippen molar-refractivity contribution in [2.45, 2.75) is 58.7 Å². The van der Waals surface area contributed by atoms with Crippen LogP contribution in [-0.2, 0) is 13.0 Å². The summed E-state index contributed by atoms with van der Waals surface area (Å²) in [5.41, 5.74) is 3.24. The summed E-state index contributed by atoms with van der Waals surface area (Å²) in [6, 6.07) is 2.86. The van der Waals surface area contributed by atoms with Crippen LogP contribution < -0.4 is 5.48 Å². The number of nitrogens with one attached hydrogen (secondary N) is 1. The highest BCUT2D eigenvalue weighted by atomic mass is 19.1. The van der Waals surface area contributed by atoms with Crippen LogP contribution in [0.3, 0.4) is 0 Å². The van der Waals surface area contributed by atoms with Crippen molar-refractivity contribution in [3.8, 4) is 0 Å². The predicted molar refractivity (Wildman–Crippen MR) is 102 cm³/mol. The number of alkyl halides is 1. The second-order valence-corrected chi connectivity index (χ2v) is 9.74. The van der Waals surface area contributed by atoms with Gasteiger partial charge >= 0.3 is 0 Å². The Morgan fingerprint density at radius 2 is 2.14 bits per heavy atom. The Hall–Kier alpha value is -1.53. The second-order valence-electron chi connectivity index (χ2n) is 9.74. The van der Waals surface area contributed by atoms with Crippen LogP contribution in [0.2, 0.25) is 0 Å². The molecule has 0 saturated heterocycles. The fraction of sp³-hybridized carbons (Fsp3) is 0.682. The van der Waals surface area contributed by atoms with Crippen molar-refractivity contribution in [2.24, 2.45) is 23.2 Å². The normalized spacial score (nSPS) is 35.3. The predicted octanol–water partition coefficient (Wildman–Crippen LogP) is 4.10. The van der Waals surface area contributed by atoms with Gasteiger partial charge in [-0.05, 0) is 73.0 Å². The molecule has 2 bridgehead atoms. The molecule has 2 aliphatic carbocycles. The van der Waals surface area contributed by atoms with E-state index in [1.54, 1.807) is 11.5 Å². The van der Waals surface area contributed by atoms with E-state index >= 15 is 0 Å². The molecule has 6 heteroatoms. The lowest BCUT2D eigenvalue weighted by molar-refractivity contribution is -0.0308. The lowest BCUT2D eigenvalue weighted by atomic mass is 9.58. The summed E-state index contributed by atoms with van der Waals surface area (Å²) < 4.78 is 29.3. The van der Waals surface area contributed by atoms with Crippen LogP contribution in [0.25, 0.3) is 0 Å². The largest absolute Gasteiger partial charge is 0.298 e. The Bertz CT molecular complexity index is 769. The fourth-order valence-corrected chi connectivity index (χ4v) is 6.23. The lowest BCUT2D eigenvalue weighted by Crippen LogP contribution is -2.48. The Kier molecular flexibility index (Phi) is 5.21. The molecule has 2 saturated carbocycles. The summed E-state index contributed by atoms with van der Waals surface area (Å²) in [4.78, 5) is 13.9. The van der Waals surface area contributed by atoms with Crippen molar-refractivity contribution >= 4 is 5.91 Å². The van der Waals surface area contributed by atoms with Crippen molar-refractivity contribution < 1.29 is 18.8 Å². The third kappa shape index (κ3) is 3.69. The lowest BCUT2D eigenvalue weighted by Gasteiger charge is -2.50. The number of carbonyl (C=O) groups is 1. The molecular formula is C22H30F2N2O2. The number of nitrogens with zero attached hydrogens (tertiary/aromatic N) is 1. The van der Waals surface area contributed by atoms with Gasteiger partial charge in [-0.3, -0.25) is 14.9 Å². The van der Waals surface area contributed by atoms with Crippen molar-refractivity contribution in [3.05, 3.63) is 34.6 Å². The molecule has 2 N–H and O–H groups in total. The van der Waals surface area contributed by atoms with E-state index in [1.165, 1.54) is 6.07 Å². The van der Waals surface area contributed by atoms with Gasteiger partial charge < -0.3 is 0 Å². The Balaban J connectivity index is 1.47. The molecule has 4 rings (SSSR count). The van der Waals surface area contributed by atoms with Crippen LogP contribution in [0, 0.1) is 29.0 Å². The van der Waals surface area contributed by atoms with Crippen LogP contribution in [0.1, 0.15) is 61.0 Å². The van der Waals surface area contributed by atoms with Gasteiger partial charge in [0.2, 0.25) is 0 Å². The molecule has 4 nitrogen and oxygen atoms in total. The van der Waals surface area contributed by atoms with E-state index in [0.717, 1.165) is 44.3 Å². The van der Waals surface area contributed by atoms with Gasteiger partial charge in [0.05, 0.1) is 0 Å². The third-order valence-corrected chi connectivity index (χ3v) is 7.21. The number of benzene rings is 1. The Morgan fingerprint density at radius 3 is 2.89 bits per heavy atom. The van der Waals surface area contributed by atoms with Gasteiger partial charge in [0.25, 0.3) is 5.91 Å². The third-order valence-electron chi connectivity index (χ3n) is 7.21. The van der Waals surface area contributed by atoms with Gasteiger partial charge in [0.15, 0.2) is 0 Å².